The topological polar surface area (TPSA) is 77.5 Å². The summed E-state index contributed by atoms with van der Waals surface area (Å²) in [6, 6.07) is 12.2. The van der Waals surface area contributed by atoms with E-state index in [9.17, 15) is 9.90 Å². The summed E-state index contributed by atoms with van der Waals surface area (Å²) in [5.74, 6) is -0.00263. The molecule has 0 bridgehead atoms. The van der Waals surface area contributed by atoms with Crippen molar-refractivity contribution in [3.8, 4) is 0 Å². The molecule has 1 amide bonds. The van der Waals surface area contributed by atoms with Crippen LogP contribution < -0.4 is 10.6 Å². The number of anilines is 1. The minimum absolute atomic E-state index is 0.00263. The van der Waals surface area contributed by atoms with E-state index in [4.69, 9.17) is 0 Å². The fourth-order valence-electron chi connectivity index (χ4n) is 4.63. The predicted octanol–water partition coefficient (Wildman–Crippen LogP) is 2.31. The molecule has 2 atom stereocenters. The number of amides is 1. The Bertz CT molecular complexity index is 825. The smallest absolute Gasteiger partial charge is 0.257 e. The summed E-state index contributed by atoms with van der Waals surface area (Å²) in [4.78, 5) is 19.4. The maximum atomic E-state index is 13.3. The van der Waals surface area contributed by atoms with Crippen LogP contribution in [0.4, 0.5) is 5.69 Å². The first-order chi connectivity index (χ1) is 14.2. The van der Waals surface area contributed by atoms with E-state index in [1.807, 2.05) is 29.2 Å². The molecule has 2 fully saturated rings. The molecule has 2 saturated heterocycles. The van der Waals surface area contributed by atoms with Gasteiger partial charge in [0.2, 0.25) is 0 Å². The van der Waals surface area contributed by atoms with E-state index in [1.165, 1.54) is 5.56 Å². The minimum Gasteiger partial charge on any atom is -0.392 e. The van der Waals surface area contributed by atoms with Gasteiger partial charge < -0.3 is 20.6 Å². The summed E-state index contributed by atoms with van der Waals surface area (Å²) >= 11 is 0. The van der Waals surface area contributed by atoms with Crippen LogP contribution in [0.25, 0.3) is 0 Å². The van der Waals surface area contributed by atoms with Gasteiger partial charge in [-0.15, -0.1) is 0 Å². The highest BCUT2D eigenvalue weighted by Gasteiger charge is 2.44. The third kappa shape index (κ3) is 4.43. The summed E-state index contributed by atoms with van der Waals surface area (Å²) in [6.45, 7) is 3.69. The number of pyridine rings is 1. The number of benzene rings is 1. The lowest BCUT2D eigenvalue weighted by Crippen LogP contribution is -2.58. The number of likely N-dealkylation sites (tertiary alicyclic amines) is 1. The fraction of sp³-hybridized carbons (Fsp3) is 0.478. The van der Waals surface area contributed by atoms with E-state index in [0.717, 1.165) is 57.5 Å². The number of carbonyl (C=O) groups is 1. The number of aromatic nitrogens is 1. The third-order valence-electron chi connectivity index (χ3n) is 6.30. The highest BCUT2D eigenvalue weighted by atomic mass is 16.3. The quantitative estimate of drug-likeness (QED) is 0.726. The SMILES string of the molecule is O=C(c1cnccc1NCCc1ccccc1)N1CCC[C@]2(CNCC[C@@H]2O)C1. The summed E-state index contributed by atoms with van der Waals surface area (Å²) in [5, 5.41) is 17.5. The molecular formula is C23H30N4O2. The number of hydrogen-bond donors (Lipinski definition) is 3. The Morgan fingerprint density at radius 2 is 2.17 bits per heavy atom. The van der Waals surface area contributed by atoms with Crippen molar-refractivity contribution in [3.05, 3.63) is 59.9 Å². The minimum atomic E-state index is -0.350. The standard InChI is InChI=1S/C23H30N4O2/c28-21-9-12-25-16-23(21)10-4-14-27(17-23)22(29)19-15-24-11-8-20(19)26-13-7-18-5-2-1-3-6-18/h1-3,5-6,8,11,15,21,25,28H,4,7,9-10,12-14,16-17H2,(H,24,26)/t21-,23-/m0/s1. The molecule has 1 aromatic carbocycles. The zero-order chi connectivity index (χ0) is 20.1. The molecule has 2 aliphatic heterocycles. The van der Waals surface area contributed by atoms with Gasteiger partial charge in [-0.2, -0.15) is 0 Å². The first kappa shape index (κ1) is 19.9. The number of nitrogens with zero attached hydrogens (tertiary/aromatic N) is 2. The van der Waals surface area contributed by atoms with E-state index in [1.54, 1.807) is 12.4 Å². The molecule has 2 aromatic rings. The highest BCUT2D eigenvalue weighted by Crippen LogP contribution is 2.37. The summed E-state index contributed by atoms with van der Waals surface area (Å²) in [6.07, 6.45) is 6.54. The Hall–Kier alpha value is -2.44. The van der Waals surface area contributed by atoms with Gasteiger partial charge in [0, 0.05) is 44.0 Å². The van der Waals surface area contributed by atoms with Gasteiger partial charge in [-0.25, -0.2) is 0 Å². The summed E-state index contributed by atoms with van der Waals surface area (Å²) in [7, 11) is 0. The zero-order valence-corrected chi connectivity index (χ0v) is 16.8. The average molecular weight is 395 g/mol. The Balaban J connectivity index is 1.44. The molecule has 6 heteroatoms. The van der Waals surface area contributed by atoms with Crippen molar-refractivity contribution in [1.29, 1.82) is 0 Å². The van der Waals surface area contributed by atoms with Gasteiger partial charge in [-0.1, -0.05) is 30.3 Å². The molecular weight excluding hydrogens is 364 g/mol. The normalized spacial score (nSPS) is 24.4. The zero-order valence-electron chi connectivity index (χ0n) is 16.8. The van der Waals surface area contributed by atoms with Gasteiger partial charge >= 0.3 is 0 Å². The molecule has 1 aromatic heterocycles. The molecule has 3 heterocycles. The van der Waals surface area contributed by atoms with Crippen LogP contribution in [-0.2, 0) is 6.42 Å². The van der Waals surface area contributed by atoms with Crippen molar-refractivity contribution in [2.24, 2.45) is 5.41 Å². The number of aliphatic hydroxyl groups is 1. The largest absolute Gasteiger partial charge is 0.392 e. The van der Waals surface area contributed by atoms with Crippen LogP contribution in [-0.4, -0.2) is 59.7 Å². The molecule has 1 spiro atoms. The number of piperidine rings is 2. The van der Waals surface area contributed by atoms with E-state index in [0.29, 0.717) is 12.1 Å². The predicted molar refractivity (Wildman–Crippen MR) is 114 cm³/mol. The van der Waals surface area contributed by atoms with Crippen molar-refractivity contribution in [2.45, 2.75) is 31.8 Å². The number of rotatable bonds is 5. The fourth-order valence-corrected chi connectivity index (χ4v) is 4.63. The lowest BCUT2D eigenvalue weighted by Gasteiger charge is -2.48. The Kier molecular flexibility index (Phi) is 6.11. The van der Waals surface area contributed by atoms with Crippen molar-refractivity contribution in [2.75, 3.05) is 38.0 Å². The molecule has 0 saturated carbocycles. The van der Waals surface area contributed by atoms with Gasteiger partial charge in [-0.05, 0) is 43.9 Å². The number of nitrogens with one attached hydrogen (secondary N) is 2. The number of hydrogen-bond acceptors (Lipinski definition) is 5. The van der Waals surface area contributed by atoms with Gasteiger partial charge in [0.25, 0.3) is 5.91 Å². The third-order valence-corrected chi connectivity index (χ3v) is 6.30. The molecule has 2 aliphatic rings. The van der Waals surface area contributed by atoms with Crippen molar-refractivity contribution in [3.63, 3.8) is 0 Å². The summed E-state index contributed by atoms with van der Waals surface area (Å²) < 4.78 is 0. The molecule has 6 nitrogen and oxygen atoms in total. The van der Waals surface area contributed by atoms with Gasteiger partial charge in [0.1, 0.15) is 0 Å². The average Bonchev–Trinajstić information content (AvgIpc) is 2.77. The molecule has 0 unspecified atom stereocenters. The Morgan fingerprint density at radius 3 is 3.00 bits per heavy atom. The van der Waals surface area contributed by atoms with E-state index in [2.05, 4.69) is 27.8 Å². The molecule has 3 N–H and O–H groups in total. The van der Waals surface area contributed by atoms with Crippen LogP contribution in [0.15, 0.2) is 48.8 Å². The first-order valence-electron chi connectivity index (χ1n) is 10.6. The molecule has 29 heavy (non-hydrogen) atoms. The Labute approximate surface area is 172 Å². The lowest BCUT2D eigenvalue weighted by molar-refractivity contribution is -0.0432. The van der Waals surface area contributed by atoms with Crippen LogP contribution in [0.5, 0.6) is 0 Å². The van der Waals surface area contributed by atoms with Crippen LogP contribution in [0, 0.1) is 5.41 Å². The molecule has 154 valence electrons. The van der Waals surface area contributed by atoms with E-state index >= 15 is 0 Å². The van der Waals surface area contributed by atoms with Crippen LogP contribution in [0.3, 0.4) is 0 Å². The molecule has 0 radical (unpaired) electrons. The van der Waals surface area contributed by atoms with Crippen molar-refractivity contribution < 1.29 is 9.90 Å². The number of carbonyl (C=O) groups excluding carboxylic acids is 1. The lowest BCUT2D eigenvalue weighted by atomic mass is 9.72. The monoisotopic (exact) mass is 394 g/mol. The maximum Gasteiger partial charge on any atom is 0.257 e. The van der Waals surface area contributed by atoms with Gasteiger partial charge in [-0.3, -0.25) is 9.78 Å². The van der Waals surface area contributed by atoms with Gasteiger partial charge in [0.05, 0.1) is 17.4 Å². The summed E-state index contributed by atoms with van der Waals surface area (Å²) in [5.41, 5.74) is 2.47. The second kappa shape index (κ2) is 8.93. The second-order valence-corrected chi connectivity index (χ2v) is 8.26. The Morgan fingerprint density at radius 1 is 1.31 bits per heavy atom. The maximum absolute atomic E-state index is 13.3. The van der Waals surface area contributed by atoms with Crippen molar-refractivity contribution in [1.82, 2.24) is 15.2 Å². The highest BCUT2D eigenvalue weighted by molar-refractivity contribution is 5.99. The van der Waals surface area contributed by atoms with Gasteiger partial charge in [0.15, 0.2) is 0 Å². The first-order valence-corrected chi connectivity index (χ1v) is 10.6. The second-order valence-electron chi connectivity index (χ2n) is 8.26. The van der Waals surface area contributed by atoms with E-state index in [-0.39, 0.29) is 17.4 Å². The van der Waals surface area contributed by atoms with E-state index < -0.39 is 0 Å². The molecule has 4 rings (SSSR count). The van der Waals surface area contributed by atoms with Crippen LogP contribution in [0.1, 0.15) is 35.2 Å². The molecule has 0 aliphatic carbocycles. The van der Waals surface area contributed by atoms with Crippen LogP contribution in [0.2, 0.25) is 0 Å². The van der Waals surface area contributed by atoms with Crippen molar-refractivity contribution >= 4 is 11.6 Å². The van der Waals surface area contributed by atoms with Crippen LogP contribution >= 0.6 is 0 Å². The number of aliphatic hydroxyl groups excluding tert-OH is 1.